The predicted octanol–water partition coefficient (Wildman–Crippen LogP) is 3.02. The molecule has 15 heavy (non-hydrogen) atoms. The van der Waals surface area contributed by atoms with Gasteiger partial charge in [0.25, 0.3) is 0 Å². The van der Waals surface area contributed by atoms with Crippen molar-refractivity contribution in [3.05, 3.63) is 34.6 Å². The molecule has 0 saturated carbocycles. The van der Waals surface area contributed by atoms with Crippen molar-refractivity contribution < 1.29 is 8.91 Å². The summed E-state index contributed by atoms with van der Waals surface area (Å²) in [4.78, 5) is 0. The standard InChI is InChI=1S/C10H8ClFN2O/c1-5-2-3-6(11)9(10(5)12)7-4-8(13)14-15-7/h2-4H,1H3,(H2,13,14). The molecule has 1 heterocycles. The number of hydrogen-bond donors (Lipinski definition) is 1. The molecule has 0 aliphatic heterocycles. The lowest BCUT2D eigenvalue weighted by atomic mass is 10.1. The van der Waals surface area contributed by atoms with E-state index < -0.39 is 5.82 Å². The van der Waals surface area contributed by atoms with Crippen molar-refractivity contribution in [2.45, 2.75) is 6.92 Å². The Morgan fingerprint density at radius 1 is 1.47 bits per heavy atom. The van der Waals surface area contributed by atoms with Gasteiger partial charge in [0, 0.05) is 6.07 Å². The maximum absolute atomic E-state index is 13.7. The lowest BCUT2D eigenvalue weighted by Crippen LogP contribution is -1.88. The molecule has 0 bridgehead atoms. The fourth-order valence-corrected chi connectivity index (χ4v) is 1.53. The summed E-state index contributed by atoms with van der Waals surface area (Å²) in [6.45, 7) is 1.65. The summed E-state index contributed by atoms with van der Waals surface area (Å²) in [5.41, 5.74) is 6.07. The summed E-state index contributed by atoms with van der Waals surface area (Å²) < 4.78 is 18.6. The normalized spacial score (nSPS) is 10.6. The van der Waals surface area contributed by atoms with E-state index in [4.69, 9.17) is 21.9 Å². The van der Waals surface area contributed by atoms with E-state index in [0.29, 0.717) is 5.56 Å². The number of aromatic nitrogens is 1. The number of benzene rings is 1. The van der Waals surface area contributed by atoms with Gasteiger partial charge in [-0.05, 0) is 18.6 Å². The van der Waals surface area contributed by atoms with Crippen LogP contribution in [0.1, 0.15) is 5.56 Å². The Bertz CT molecular complexity index is 510. The molecule has 3 nitrogen and oxygen atoms in total. The number of hydrogen-bond acceptors (Lipinski definition) is 3. The SMILES string of the molecule is Cc1ccc(Cl)c(-c2cc(N)no2)c1F. The zero-order chi connectivity index (χ0) is 11.0. The van der Waals surface area contributed by atoms with Crippen molar-refractivity contribution in [3.63, 3.8) is 0 Å². The van der Waals surface area contributed by atoms with E-state index in [1.165, 1.54) is 6.07 Å². The van der Waals surface area contributed by atoms with Crippen LogP contribution in [-0.4, -0.2) is 5.16 Å². The molecule has 5 heteroatoms. The molecule has 0 atom stereocenters. The number of nitrogen functional groups attached to an aromatic ring is 1. The minimum atomic E-state index is -0.418. The van der Waals surface area contributed by atoms with Crippen LogP contribution in [0.15, 0.2) is 22.7 Å². The highest BCUT2D eigenvalue weighted by Gasteiger charge is 2.16. The van der Waals surface area contributed by atoms with Gasteiger partial charge in [-0.3, -0.25) is 0 Å². The van der Waals surface area contributed by atoms with E-state index in [2.05, 4.69) is 5.16 Å². The summed E-state index contributed by atoms with van der Waals surface area (Å²) >= 11 is 5.88. The maximum Gasteiger partial charge on any atom is 0.173 e. The maximum atomic E-state index is 13.7. The first-order valence-electron chi connectivity index (χ1n) is 4.26. The Morgan fingerprint density at radius 3 is 2.80 bits per heavy atom. The fraction of sp³-hybridized carbons (Fsp3) is 0.100. The summed E-state index contributed by atoms with van der Waals surface area (Å²) in [5, 5.41) is 3.75. The molecule has 0 saturated heterocycles. The van der Waals surface area contributed by atoms with Crippen LogP contribution in [0.25, 0.3) is 11.3 Å². The number of aryl methyl sites for hydroxylation is 1. The summed E-state index contributed by atoms with van der Waals surface area (Å²) in [6, 6.07) is 4.64. The second-order valence-electron chi connectivity index (χ2n) is 3.17. The molecule has 0 unspecified atom stereocenters. The van der Waals surface area contributed by atoms with Gasteiger partial charge in [0.2, 0.25) is 0 Å². The summed E-state index contributed by atoms with van der Waals surface area (Å²) in [6.07, 6.45) is 0. The average molecular weight is 227 g/mol. The molecule has 0 spiro atoms. The topological polar surface area (TPSA) is 52.0 Å². The lowest BCUT2D eigenvalue weighted by molar-refractivity contribution is 0.433. The molecule has 78 valence electrons. The van der Waals surface area contributed by atoms with E-state index in [0.717, 1.165) is 0 Å². The largest absolute Gasteiger partial charge is 0.381 e. The van der Waals surface area contributed by atoms with Crippen molar-refractivity contribution in [1.29, 1.82) is 0 Å². The van der Waals surface area contributed by atoms with Gasteiger partial charge in [-0.25, -0.2) is 4.39 Å². The zero-order valence-electron chi connectivity index (χ0n) is 7.92. The second kappa shape index (κ2) is 3.55. The van der Waals surface area contributed by atoms with Gasteiger partial charge in [0.05, 0.1) is 10.6 Å². The van der Waals surface area contributed by atoms with Gasteiger partial charge in [-0.1, -0.05) is 22.8 Å². The Kier molecular flexibility index (Phi) is 2.36. The van der Waals surface area contributed by atoms with Crippen LogP contribution in [0.5, 0.6) is 0 Å². The van der Waals surface area contributed by atoms with Crippen molar-refractivity contribution in [2.75, 3.05) is 5.73 Å². The molecule has 2 aromatic rings. The van der Waals surface area contributed by atoms with E-state index in [9.17, 15) is 4.39 Å². The quantitative estimate of drug-likeness (QED) is 0.813. The highest BCUT2D eigenvalue weighted by atomic mass is 35.5. The first kappa shape index (κ1) is 9.98. The Balaban J connectivity index is 2.66. The number of rotatable bonds is 1. The van der Waals surface area contributed by atoms with E-state index in [1.807, 2.05) is 0 Å². The highest BCUT2D eigenvalue weighted by molar-refractivity contribution is 6.33. The third-order valence-corrected chi connectivity index (χ3v) is 2.37. The Labute approximate surface area is 90.6 Å². The monoisotopic (exact) mass is 226 g/mol. The second-order valence-corrected chi connectivity index (χ2v) is 3.58. The summed E-state index contributed by atoms with van der Waals surface area (Å²) in [5.74, 6) is 0.0133. The Hall–Kier alpha value is -1.55. The molecular weight excluding hydrogens is 219 g/mol. The fourth-order valence-electron chi connectivity index (χ4n) is 1.29. The van der Waals surface area contributed by atoms with Gasteiger partial charge in [-0.15, -0.1) is 0 Å². The number of anilines is 1. The highest BCUT2D eigenvalue weighted by Crippen LogP contribution is 2.32. The molecular formula is C10H8ClFN2O. The molecule has 0 amide bonds. The Morgan fingerprint density at radius 2 is 2.20 bits per heavy atom. The van der Waals surface area contributed by atoms with E-state index in [-0.39, 0.29) is 22.2 Å². The first-order valence-corrected chi connectivity index (χ1v) is 4.64. The van der Waals surface area contributed by atoms with Gasteiger partial charge in [0.15, 0.2) is 11.6 Å². The van der Waals surface area contributed by atoms with E-state index >= 15 is 0 Å². The van der Waals surface area contributed by atoms with Crippen LogP contribution in [0, 0.1) is 12.7 Å². The number of nitrogens with zero attached hydrogens (tertiary/aromatic N) is 1. The zero-order valence-corrected chi connectivity index (χ0v) is 8.68. The van der Waals surface area contributed by atoms with Crippen LogP contribution in [0.3, 0.4) is 0 Å². The first-order chi connectivity index (χ1) is 7.09. The van der Waals surface area contributed by atoms with Gasteiger partial charge >= 0.3 is 0 Å². The average Bonchev–Trinajstić information content (AvgIpc) is 2.59. The minimum Gasteiger partial charge on any atom is -0.381 e. The predicted molar refractivity (Wildman–Crippen MR) is 56.1 cm³/mol. The third kappa shape index (κ3) is 1.68. The molecule has 2 N–H and O–H groups in total. The molecule has 1 aromatic heterocycles. The van der Waals surface area contributed by atoms with Gasteiger partial charge in [0.1, 0.15) is 5.82 Å². The molecule has 1 aromatic carbocycles. The smallest absolute Gasteiger partial charge is 0.173 e. The van der Waals surface area contributed by atoms with E-state index in [1.54, 1.807) is 19.1 Å². The van der Waals surface area contributed by atoms with Crippen molar-refractivity contribution in [1.82, 2.24) is 5.16 Å². The van der Waals surface area contributed by atoms with Crippen molar-refractivity contribution in [3.8, 4) is 11.3 Å². The van der Waals surface area contributed by atoms with Crippen LogP contribution in [0.2, 0.25) is 5.02 Å². The lowest BCUT2D eigenvalue weighted by Gasteiger charge is -2.03. The summed E-state index contributed by atoms with van der Waals surface area (Å²) in [7, 11) is 0. The van der Waals surface area contributed by atoms with Crippen LogP contribution in [0.4, 0.5) is 10.2 Å². The number of nitrogens with two attached hydrogens (primary N) is 1. The molecule has 0 aliphatic rings. The number of halogens is 2. The van der Waals surface area contributed by atoms with Crippen LogP contribution in [-0.2, 0) is 0 Å². The minimum absolute atomic E-state index is 0.195. The van der Waals surface area contributed by atoms with Crippen molar-refractivity contribution >= 4 is 17.4 Å². The van der Waals surface area contributed by atoms with Gasteiger partial charge < -0.3 is 10.3 Å². The van der Waals surface area contributed by atoms with Gasteiger partial charge in [-0.2, -0.15) is 0 Å². The molecule has 0 radical (unpaired) electrons. The van der Waals surface area contributed by atoms with Crippen molar-refractivity contribution in [2.24, 2.45) is 0 Å². The molecule has 0 fully saturated rings. The van der Waals surface area contributed by atoms with Crippen LogP contribution >= 0.6 is 11.6 Å². The third-order valence-electron chi connectivity index (χ3n) is 2.06. The molecule has 0 aliphatic carbocycles. The van der Waals surface area contributed by atoms with Crippen LogP contribution < -0.4 is 5.73 Å². The molecule has 2 rings (SSSR count).